The van der Waals surface area contributed by atoms with Crippen molar-refractivity contribution in [2.45, 2.75) is 90.4 Å². The van der Waals surface area contributed by atoms with Gasteiger partial charge in [0, 0.05) is 37.8 Å². The van der Waals surface area contributed by atoms with Crippen LogP contribution in [0.1, 0.15) is 77.1 Å². The number of likely N-dealkylation sites (tertiary alicyclic amines) is 1. The van der Waals surface area contributed by atoms with Gasteiger partial charge in [0.05, 0.1) is 5.56 Å². The standard InChI is InChI=1S/C32H49N5O5/c1-21(2)18-24(33-29(39)23-10-7-8-12-27(23)42-20-28(38)34-32(5)13-14-32)30(40)36-15-9-11-25(36)31(41)37-17-16-35(6)19-26(37)22(3)4/h7-8,10,12,21-22,24-26H,9,11,13-20H2,1-6H3,(H,33,39)(H,34,38)/t24-,25-,26+/m1/s1. The Hall–Kier alpha value is -3.14. The Morgan fingerprint density at radius 1 is 1.02 bits per heavy atom. The number of likely N-dealkylation sites (N-methyl/N-ethyl adjacent to an activating group) is 1. The predicted molar refractivity (Wildman–Crippen MR) is 161 cm³/mol. The summed E-state index contributed by atoms with van der Waals surface area (Å²) in [5, 5.41) is 5.90. The minimum Gasteiger partial charge on any atom is -0.483 e. The number of para-hydroxylation sites is 1. The van der Waals surface area contributed by atoms with Crippen LogP contribution < -0.4 is 15.4 Å². The fourth-order valence-corrected chi connectivity index (χ4v) is 6.01. The van der Waals surface area contributed by atoms with Crippen molar-refractivity contribution < 1.29 is 23.9 Å². The average Bonchev–Trinajstić information content (AvgIpc) is 3.46. The highest BCUT2D eigenvalue weighted by Crippen LogP contribution is 2.34. The van der Waals surface area contributed by atoms with Gasteiger partial charge in [-0.15, -0.1) is 0 Å². The largest absolute Gasteiger partial charge is 0.483 e. The number of hydrogen-bond donors (Lipinski definition) is 2. The summed E-state index contributed by atoms with van der Waals surface area (Å²) in [5.41, 5.74) is 0.104. The maximum atomic E-state index is 14.0. The summed E-state index contributed by atoms with van der Waals surface area (Å²) in [5.74, 6) is -0.162. The first-order chi connectivity index (χ1) is 19.9. The molecule has 1 aliphatic carbocycles. The molecule has 232 valence electrons. The van der Waals surface area contributed by atoms with Crippen LogP contribution in [-0.2, 0) is 14.4 Å². The number of nitrogens with one attached hydrogen (secondary N) is 2. The molecule has 0 radical (unpaired) electrons. The number of rotatable bonds is 11. The van der Waals surface area contributed by atoms with Gasteiger partial charge in [-0.05, 0) is 70.0 Å². The third kappa shape index (κ3) is 7.82. The number of piperazine rings is 1. The van der Waals surface area contributed by atoms with Crippen LogP contribution in [0.4, 0.5) is 0 Å². The second-order valence-corrected chi connectivity index (χ2v) is 13.3. The molecule has 4 rings (SSSR count). The van der Waals surface area contributed by atoms with Crippen LogP contribution in [0.15, 0.2) is 24.3 Å². The molecule has 1 aromatic rings. The zero-order valence-electron chi connectivity index (χ0n) is 26.2. The number of ether oxygens (including phenoxy) is 1. The van der Waals surface area contributed by atoms with Crippen LogP contribution in [0.2, 0.25) is 0 Å². The highest BCUT2D eigenvalue weighted by Gasteiger charge is 2.42. The topological polar surface area (TPSA) is 111 Å². The van der Waals surface area contributed by atoms with E-state index in [0.29, 0.717) is 31.8 Å². The summed E-state index contributed by atoms with van der Waals surface area (Å²) in [7, 11) is 2.08. The minimum atomic E-state index is -0.787. The molecule has 3 fully saturated rings. The molecule has 2 N–H and O–H groups in total. The highest BCUT2D eigenvalue weighted by molar-refractivity contribution is 6.00. The summed E-state index contributed by atoms with van der Waals surface area (Å²) in [4.78, 5) is 59.7. The normalized spacial score (nSPS) is 22.7. The summed E-state index contributed by atoms with van der Waals surface area (Å²) >= 11 is 0. The van der Waals surface area contributed by atoms with Gasteiger partial charge < -0.3 is 30.1 Å². The van der Waals surface area contributed by atoms with Crippen molar-refractivity contribution in [1.82, 2.24) is 25.3 Å². The third-order valence-corrected chi connectivity index (χ3v) is 8.74. The second kappa shape index (κ2) is 13.4. The Labute approximate surface area is 250 Å². The molecule has 3 aliphatic rings. The summed E-state index contributed by atoms with van der Waals surface area (Å²) in [6.45, 7) is 12.8. The first-order valence-corrected chi connectivity index (χ1v) is 15.5. The van der Waals surface area contributed by atoms with Crippen LogP contribution in [0, 0.1) is 11.8 Å². The molecule has 1 saturated carbocycles. The van der Waals surface area contributed by atoms with E-state index in [9.17, 15) is 19.2 Å². The van der Waals surface area contributed by atoms with Crippen LogP contribution in [0.3, 0.4) is 0 Å². The minimum absolute atomic E-state index is 0.0133. The number of amides is 4. The highest BCUT2D eigenvalue weighted by atomic mass is 16.5. The lowest BCUT2D eigenvalue weighted by molar-refractivity contribution is -0.148. The van der Waals surface area contributed by atoms with Crippen LogP contribution in [-0.4, -0.2) is 102 Å². The lowest BCUT2D eigenvalue weighted by atomic mass is 9.98. The first kappa shape index (κ1) is 31.8. The van der Waals surface area contributed by atoms with Gasteiger partial charge in [-0.3, -0.25) is 19.2 Å². The maximum Gasteiger partial charge on any atom is 0.258 e. The average molecular weight is 584 g/mol. The third-order valence-electron chi connectivity index (χ3n) is 8.74. The van der Waals surface area contributed by atoms with Gasteiger partial charge in [-0.1, -0.05) is 39.8 Å². The Bertz CT molecular complexity index is 1150. The number of hydrogen-bond acceptors (Lipinski definition) is 6. The first-order valence-electron chi connectivity index (χ1n) is 15.5. The monoisotopic (exact) mass is 583 g/mol. The molecule has 10 nitrogen and oxygen atoms in total. The van der Waals surface area contributed by atoms with Gasteiger partial charge in [-0.25, -0.2) is 0 Å². The van der Waals surface area contributed by atoms with Crippen LogP contribution in [0.25, 0.3) is 0 Å². The fraction of sp³-hybridized carbons (Fsp3) is 0.688. The zero-order valence-corrected chi connectivity index (χ0v) is 26.2. The number of benzene rings is 1. The molecule has 3 atom stereocenters. The summed E-state index contributed by atoms with van der Waals surface area (Å²) < 4.78 is 5.75. The second-order valence-electron chi connectivity index (χ2n) is 13.3. The molecule has 2 saturated heterocycles. The van der Waals surface area contributed by atoms with E-state index in [1.54, 1.807) is 29.2 Å². The van der Waals surface area contributed by atoms with E-state index in [4.69, 9.17) is 4.74 Å². The number of carbonyl (C=O) groups is 4. The van der Waals surface area contributed by atoms with Crippen LogP contribution >= 0.6 is 0 Å². The van der Waals surface area contributed by atoms with E-state index in [-0.39, 0.29) is 53.1 Å². The van der Waals surface area contributed by atoms with Gasteiger partial charge in [0.1, 0.15) is 17.8 Å². The molecular formula is C32H49N5O5. The molecule has 0 unspecified atom stereocenters. The Kier molecular flexibility index (Phi) is 10.2. The molecule has 4 amide bonds. The summed E-state index contributed by atoms with van der Waals surface area (Å²) in [6, 6.07) is 5.54. The Morgan fingerprint density at radius 3 is 2.40 bits per heavy atom. The van der Waals surface area contributed by atoms with Gasteiger partial charge in [0.25, 0.3) is 11.8 Å². The maximum absolute atomic E-state index is 14.0. The molecule has 0 aromatic heterocycles. The molecule has 2 heterocycles. The SMILES string of the molecule is CC(C)C[C@@H](NC(=O)c1ccccc1OCC(=O)NC1(C)CC1)C(=O)N1CCC[C@@H]1C(=O)N1CCN(C)C[C@H]1C(C)C. The van der Waals surface area contributed by atoms with E-state index in [2.05, 4.69) is 36.4 Å². The van der Waals surface area contributed by atoms with E-state index >= 15 is 0 Å². The zero-order chi connectivity index (χ0) is 30.6. The van der Waals surface area contributed by atoms with Gasteiger partial charge >= 0.3 is 0 Å². The van der Waals surface area contributed by atoms with E-state index in [1.165, 1.54) is 0 Å². The van der Waals surface area contributed by atoms with E-state index in [1.807, 2.05) is 25.7 Å². The number of nitrogens with zero attached hydrogens (tertiary/aromatic N) is 3. The molecule has 10 heteroatoms. The Morgan fingerprint density at radius 2 is 1.74 bits per heavy atom. The van der Waals surface area contributed by atoms with Gasteiger partial charge in [0.15, 0.2) is 6.61 Å². The quantitative estimate of drug-likeness (QED) is 0.415. The molecule has 42 heavy (non-hydrogen) atoms. The fourth-order valence-electron chi connectivity index (χ4n) is 6.01. The van der Waals surface area contributed by atoms with Gasteiger partial charge in [-0.2, -0.15) is 0 Å². The lowest BCUT2D eigenvalue weighted by Gasteiger charge is -2.44. The molecule has 0 bridgehead atoms. The van der Waals surface area contributed by atoms with Crippen molar-refractivity contribution in [3.63, 3.8) is 0 Å². The molecule has 1 aromatic carbocycles. The van der Waals surface area contributed by atoms with Crippen molar-refractivity contribution in [3.8, 4) is 5.75 Å². The predicted octanol–water partition coefficient (Wildman–Crippen LogP) is 2.67. The van der Waals surface area contributed by atoms with Crippen molar-refractivity contribution in [1.29, 1.82) is 0 Å². The van der Waals surface area contributed by atoms with E-state index < -0.39 is 18.0 Å². The molecule has 2 aliphatic heterocycles. The van der Waals surface area contributed by atoms with Crippen molar-refractivity contribution in [3.05, 3.63) is 29.8 Å². The summed E-state index contributed by atoms with van der Waals surface area (Å²) in [6.07, 6.45) is 3.71. The number of carbonyl (C=O) groups excluding carboxylic acids is 4. The Balaban J connectivity index is 1.46. The van der Waals surface area contributed by atoms with Crippen molar-refractivity contribution in [2.75, 3.05) is 39.8 Å². The van der Waals surface area contributed by atoms with Crippen molar-refractivity contribution >= 4 is 23.6 Å². The van der Waals surface area contributed by atoms with E-state index in [0.717, 1.165) is 32.4 Å². The molecular weight excluding hydrogens is 534 g/mol. The van der Waals surface area contributed by atoms with Crippen molar-refractivity contribution in [2.24, 2.45) is 11.8 Å². The smallest absolute Gasteiger partial charge is 0.258 e. The van der Waals surface area contributed by atoms with Crippen LogP contribution in [0.5, 0.6) is 5.75 Å². The molecule has 0 spiro atoms. The van der Waals surface area contributed by atoms with Gasteiger partial charge in [0.2, 0.25) is 11.8 Å². The lowest BCUT2D eigenvalue weighted by Crippen LogP contribution is -2.61.